The fraction of sp³-hybridized carbons (Fsp3) is 0.333. The van der Waals surface area contributed by atoms with E-state index in [0.717, 1.165) is 12.0 Å². The molecule has 0 aliphatic rings. The summed E-state index contributed by atoms with van der Waals surface area (Å²) >= 11 is 1.24. The maximum Gasteiger partial charge on any atom is 0.256 e. The Labute approximate surface area is 127 Å². The molecule has 0 aliphatic heterocycles. The molecule has 21 heavy (non-hydrogen) atoms. The Bertz CT molecular complexity index is 598. The van der Waals surface area contributed by atoms with Crippen LogP contribution in [0.25, 0.3) is 11.3 Å². The van der Waals surface area contributed by atoms with Gasteiger partial charge < -0.3 is 9.73 Å². The van der Waals surface area contributed by atoms with Crippen LogP contribution in [0.3, 0.4) is 0 Å². The minimum atomic E-state index is -0.297. The van der Waals surface area contributed by atoms with Crippen LogP contribution in [-0.2, 0) is 4.79 Å². The van der Waals surface area contributed by atoms with Gasteiger partial charge in [0.05, 0.1) is 11.9 Å². The van der Waals surface area contributed by atoms with E-state index in [0.29, 0.717) is 11.0 Å². The minimum absolute atomic E-state index is 0.0455. The molecule has 0 fully saturated rings. The SMILES string of the molecule is CCC(C)NC(=O)CSc1ncc(-c2ccc(F)cc2)o1. The van der Waals surface area contributed by atoms with Crippen molar-refractivity contribution in [1.82, 2.24) is 10.3 Å². The van der Waals surface area contributed by atoms with Gasteiger partial charge in [0, 0.05) is 11.6 Å². The minimum Gasteiger partial charge on any atom is -0.431 e. The zero-order chi connectivity index (χ0) is 15.2. The third-order valence-corrected chi connectivity index (χ3v) is 3.80. The van der Waals surface area contributed by atoms with Gasteiger partial charge in [-0.15, -0.1) is 0 Å². The number of aromatic nitrogens is 1. The molecule has 4 nitrogen and oxygen atoms in total. The summed E-state index contributed by atoms with van der Waals surface area (Å²) in [6, 6.07) is 6.14. The summed E-state index contributed by atoms with van der Waals surface area (Å²) in [5.41, 5.74) is 0.750. The van der Waals surface area contributed by atoms with Crippen LogP contribution in [0.2, 0.25) is 0 Å². The van der Waals surface area contributed by atoms with Crippen molar-refractivity contribution in [3.63, 3.8) is 0 Å². The highest BCUT2D eigenvalue weighted by Crippen LogP contribution is 2.25. The van der Waals surface area contributed by atoms with Gasteiger partial charge in [-0.1, -0.05) is 18.7 Å². The first kappa shape index (κ1) is 15.6. The molecule has 0 bridgehead atoms. The van der Waals surface area contributed by atoms with Gasteiger partial charge >= 0.3 is 0 Å². The molecule has 1 amide bonds. The number of oxazole rings is 1. The van der Waals surface area contributed by atoms with Gasteiger partial charge in [-0.3, -0.25) is 4.79 Å². The molecule has 2 rings (SSSR count). The molecule has 1 unspecified atom stereocenters. The van der Waals surface area contributed by atoms with Gasteiger partial charge in [0.1, 0.15) is 5.82 Å². The third-order valence-electron chi connectivity index (χ3n) is 2.96. The topological polar surface area (TPSA) is 55.1 Å². The average molecular weight is 308 g/mol. The number of thioether (sulfide) groups is 1. The lowest BCUT2D eigenvalue weighted by Gasteiger charge is -2.09. The number of nitrogens with zero attached hydrogens (tertiary/aromatic N) is 1. The lowest BCUT2D eigenvalue weighted by atomic mass is 10.2. The first-order valence-electron chi connectivity index (χ1n) is 6.72. The smallest absolute Gasteiger partial charge is 0.256 e. The van der Waals surface area contributed by atoms with Gasteiger partial charge in [-0.2, -0.15) is 0 Å². The van der Waals surface area contributed by atoms with Crippen molar-refractivity contribution in [2.45, 2.75) is 31.5 Å². The summed E-state index contributed by atoms with van der Waals surface area (Å²) in [5.74, 6) is 0.471. The molecular formula is C15H17FN2O2S. The maximum atomic E-state index is 12.9. The van der Waals surface area contributed by atoms with E-state index in [1.54, 1.807) is 18.3 Å². The second kappa shape index (κ2) is 7.26. The van der Waals surface area contributed by atoms with Crippen LogP contribution in [0.15, 0.2) is 40.1 Å². The van der Waals surface area contributed by atoms with Crippen LogP contribution >= 0.6 is 11.8 Å². The van der Waals surface area contributed by atoms with Gasteiger partial charge in [-0.25, -0.2) is 9.37 Å². The van der Waals surface area contributed by atoms with E-state index in [1.165, 1.54) is 23.9 Å². The molecule has 1 atom stereocenters. The number of benzene rings is 1. The molecular weight excluding hydrogens is 291 g/mol. The molecule has 6 heteroatoms. The van der Waals surface area contributed by atoms with Crippen molar-refractivity contribution in [2.24, 2.45) is 0 Å². The zero-order valence-electron chi connectivity index (χ0n) is 11.9. The van der Waals surface area contributed by atoms with Crippen LogP contribution in [0.4, 0.5) is 4.39 Å². The van der Waals surface area contributed by atoms with E-state index in [9.17, 15) is 9.18 Å². The summed E-state index contributed by atoms with van der Waals surface area (Å²) in [6.45, 7) is 3.97. The van der Waals surface area contributed by atoms with Crippen LogP contribution in [0.1, 0.15) is 20.3 Å². The Morgan fingerprint density at radius 3 is 2.81 bits per heavy atom. The van der Waals surface area contributed by atoms with Crippen LogP contribution < -0.4 is 5.32 Å². The lowest BCUT2D eigenvalue weighted by Crippen LogP contribution is -2.33. The number of halogens is 1. The lowest BCUT2D eigenvalue weighted by molar-refractivity contribution is -0.119. The molecule has 1 aromatic carbocycles. The number of hydrogen-bond acceptors (Lipinski definition) is 4. The van der Waals surface area contributed by atoms with Crippen molar-refractivity contribution >= 4 is 17.7 Å². The van der Waals surface area contributed by atoms with E-state index in [2.05, 4.69) is 10.3 Å². The Morgan fingerprint density at radius 1 is 1.43 bits per heavy atom. The number of carbonyl (C=O) groups excluding carboxylic acids is 1. The van der Waals surface area contributed by atoms with Gasteiger partial charge in [0.2, 0.25) is 5.91 Å². The van der Waals surface area contributed by atoms with E-state index in [-0.39, 0.29) is 23.5 Å². The Hall–Kier alpha value is -1.82. The van der Waals surface area contributed by atoms with Crippen molar-refractivity contribution in [3.8, 4) is 11.3 Å². The van der Waals surface area contributed by atoms with Crippen molar-refractivity contribution < 1.29 is 13.6 Å². The quantitative estimate of drug-likeness (QED) is 0.830. The standard InChI is InChI=1S/C15H17FN2O2S/c1-3-10(2)18-14(19)9-21-15-17-8-13(20-15)11-4-6-12(16)7-5-11/h4-8,10H,3,9H2,1-2H3,(H,18,19). The fourth-order valence-corrected chi connectivity index (χ4v) is 2.23. The number of nitrogens with one attached hydrogen (secondary N) is 1. The summed E-state index contributed by atoms with van der Waals surface area (Å²) < 4.78 is 18.4. The van der Waals surface area contributed by atoms with Crippen molar-refractivity contribution in [1.29, 1.82) is 0 Å². The summed E-state index contributed by atoms with van der Waals surface area (Å²) in [5, 5.41) is 3.30. The summed E-state index contributed by atoms with van der Waals surface area (Å²) in [6.07, 6.45) is 2.46. The number of carbonyl (C=O) groups is 1. The van der Waals surface area contributed by atoms with E-state index >= 15 is 0 Å². The molecule has 1 N–H and O–H groups in total. The van der Waals surface area contributed by atoms with Crippen LogP contribution in [0, 0.1) is 5.82 Å². The monoisotopic (exact) mass is 308 g/mol. The van der Waals surface area contributed by atoms with Crippen LogP contribution in [-0.4, -0.2) is 22.7 Å². The summed E-state index contributed by atoms with van der Waals surface area (Å²) in [7, 11) is 0. The van der Waals surface area contributed by atoms with E-state index < -0.39 is 0 Å². The molecule has 1 heterocycles. The van der Waals surface area contributed by atoms with Gasteiger partial charge in [-0.05, 0) is 37.6 Å². The predicted octanol–water partition coefficient (Wildman–Crippen LogP) is 3.49. The van der Waals surface area contributed by atoms with Crippen LogP contribution in [0.5, 0.6) is 0 Å². The second-order valence-corrected chi connectivity index (χ2v) is 5.59. The second-order valence-electron chi connectivity index (χ2n) is 4.66. The molecule has 112 valence electrons. The fourth-order valence-electron chi connectivity index (χ4n) is 1.62. The predicted molar refractivity (Wildman–Crippen MR) is 80.5 cm³/mol. The Balaban J connectivity index is 1.91. The zero-order valence-corrected chi connectivity index (χ0v) is 12.7. The van der Waals surface area contributed by atoms with Crippen molar-refractivity contribution in [3.05, 3.63) is 36.3 Å². The molecule has 0 radical (unpaired) electrons. The number of hydrogen-bond donors (Lipinski definition) is 1. The summed E-state index contributed by atoms with van der Waals surface area (Å²) in [4.78, 5) is 15.8. The number of amides is 1. The average Bonchev–Trinajstić information content (AvgIpc) is 2.94. The molecule has 0 saturated carbocycles. The highest BCUT2D eigenvalue weighted by Gasteiger charge is 2.11. The molecule has 0 spiro atoms. The highest BCUT2D eigenvalue weighted by molar-refractivity contribution is 7.99. The maximum absolute atomic E-state index is 12.9. The van der Waals surface area contributed by atoms with Crippen molar-refractivity contribution in [2.75, 3.05) is 5.75 Å². The van der Waals surface area contributed by atoms with Gasteiger partial charge in [0.15, 0.2) is 5.76 Å². The number of rotatable bonds is 6. The largest absolute Gasteiger partial charge is 0.431 e. The van der Waals surface area contributed by atoms with Gasteiger partial charge in [0.25, 0.3) is 5.22 Å². The molecule has 0 aliphatic carbocycles. The Kier molecular flexibility index (Phi) is 5.38. The molecule has 0 saturated heterocycles. The molecule has 1 aromatic heterocycles. The van der Waals surface area contributed by atoms with E-state index in [4.69, 9.17) is 4.42 Å². The normalized spacial score (nSPS) is 12.1. The first-order valence-corrected chi connectivity index (χ1v) is 7.71. The molecule has 2 aromatic rings. The first-order chi connectivity index (χ1) is 10.1. The van der Waals surface area contributed by atoms with E-state index in [1.807, 2.05) is 13.8 Å². The highest BCUT2D eigenvalue weighted by atomic mass is 32.2. The third kappa shape index (κ3) is 4.60. The Morgan fingerprint density at radius 2 is 2.14 bits per heavy atom.